The van der Waals surface area contributed by atoms with Crippen LogP contribution in [0.5, 0.6) is 0 Å². The molecule has 0 amide bonds. The number of nitrogens with zero attached hydrogens (tertiary/aromatic N) is 4. The molecule has 0 aliphatic rings. The first-order valence-corrected chi connectivity index (χ1v) is 6.31. The number of thioether (sulfide) groups is 2. The average Bonchev–Trinajstić information content (AvgIpc) is 2.33. The molecule has 0 unspecified atom stereocenters. The Labute approximate surface area is 102 Å². The van der Waals surface area contributed by atoms with Crippen molar-refractivity contribution in [2.75, 3.05) is 11.5 Å². The van der Waals surface area contributed by atoms with Crippen LogP contribution in [0.3, 0.4) is 0 Å². The summed E-state index contributed by atoms with van der Waals surface area (Å²) in [7, 11) is 0. The zero-order valence-corrected chi connectivity index (χ0v) is 10.2. The van der Waals surface area contributed by atoms with Gasteiger partial charge in [-0.1, -0.05) is 23.5 Å². The summed E-state index contributed by atoms with van der Waals surface area (Å²) >= 11 is 2.68. The molecule has 0 aromatic carbocycles. The molecule has 16 heavy (non-hydrogen) atoms. The molecule has 10 heteroatoms. The van der Waals surface area contributed by atoms with Crippen LogP contribution < -0.4 is 11.7 Å². The van der Waals surface area contributed by atoms with E-state index in [1.807, 2.05) is 0 Å². The van der Waals surface area contributed by atoms with E-state index in [0.29, 0.717) is 0 Å². The molecule has 0 saturated heterocycles. The zero-order chi connectivity index (χ0) is 12.2. The van der Waals surface area contributed by atoms with Crippen LogP contribution in [0, 0.1) is 11.1 Å². The van der Waals surface area contributed by atoms with E-state index in [4.69, 9.17) is 22.7 Å². The molecule has 8 nitrogen and oxygen atoms in total. The third-order valence-electron chi connectivity index (χ3n) is 1.41. The highest BCUT2D eigenvalue weighted by atomic mass is 32.2. The Kier molecular flexibility index (Phi) is 9.61. The second-order valence-electron chi connectivity index (χ2n) is 2.45. The SMILES string of the molecule is N=NC(=NN)SCCCCSC(N=N)=NN. The van der Waals surface area contributed by atoms with Gasteiger partial charge in [-0.2, -0.15) is 10.2 Å². The Balaban J connectivity index is 3.47. The Hall–Kier alpha value is -1.16. The summed E-state index contributed by atoms with van der Waals surface area (Å²) in [4.78, 5) is 0. The minimum atomic E-state index is 0.276. The number of unbranched alkanes of at least 4 members (excludes halogenated alkanes) is 1. The quantitative estimate of drug-likeness (QED) is 0.149. The van der Waals surface area contributed by atoms with Crippen LogP contribution in [0.4, 0.5) is 0 Å². The van der Waals surface area contributed by atoms with Crippen LogP contribution in [-0.4, -0.2) is 21.8 Å². The van der Waals surface area contributed by atoms with Gasteiger partial charge in [0.05, 0.1) is 0 Å². The highest BCUT2D eigenvalue weighted by molar-refractivity contribution is 8.14. The summed E-state index contributed by atoms with van der Waals surface area (Å²) < 4.78 is 0. The van der Waals surface area contributed by atoms with E-state index in [1.165, 1.54) is 23.5 Å². The molecule has 0 radical (unpaired) electrons. The summed E-state index contributed by atoms with van der Waals surface area (Å²) in [5.74, 6) is 11.6. The molecule has 0 aromatic rings. The predicted molar refractivity (Wildman–Crippen MR) is 67.7 cm³/mol. The van der Waals surface area contributed by atoms with Crippen molar-refractivity contribution in [2.45, 2.75) is 12.8 Å². The molecule has 0 bridgehead atoms. The maximum atomic E-state index is 6.71. The fourth-order valence-corrected chi connectivity index (χ4v) is 2.07. The first-order chi connectivity index (χ1) is 7.78. The van der Waals surface area contributed by atoms with Gasteiger partial charge >= 0.3 is 0 Å². The van der Waals surface area contributed by atoms with Gasteiger partial charge in [0.2, 0.25) is 10.3 Å². The largest absolute Gasteiger partial charge is 0.321 e. The Morgan fingerprint density at radius 3 is 1.50 bits per heavy atom. The van der Waals surface area contributed by atoms with E-state index < -0.39 is 0 Å². The Bertz CT molecular complexity index is 248. The van der Waals surface area contributed by atoms with Gasteiger partial charge in [-0.3, -0.25) is 0 Å². The summed E-state index contributed by atoms with van der Waals surface area (Å²) in [6, 6.07) is 0. The number of rotatable bonds is 5. The molecular weight excluding hydrogens is 248 g/mol. The van der Waals surface area contributed by atoms with Crippen LogP contribution >= 0.6 is 23.5 Å². The fourth-order valence-electron chi connectivity index (χ4n) is 0.728. The van der Waals surface area contributed by atoms with Crippen molar-refractivity contribution in [2.24, 2.45) is 32.1 Å². The molecule has 0 aliphatic carbocycles. The minimum absolute atomic E-state index is 0.276. The maximum Gasteiger partial charge on any atom is 0.226 e. The molecule has 0 atom stereocenters. The highest BCUT2D eigenvalue weighted by Crippen LogP contribution is 2.12. The number of hydrazone groups is 2. The van der Waals surface area contributed by atoms with Gasteiger partial charge in [0.1, 0.15) is 0 Å². The van der Waals surface area contributed by atoms with E-state index >= 15 is 0 Å². The fraction of sp³-hybridized carbons (Fsp3) is 0.667. The molecule has 0 saturated carbocycles. The van der Waals surface area contributed by atoms with Gasteiger partial charge in [-0.15, -0.1) is 10.2 Å². The lowest BCUT2D eigenvalue weighted by atomic mass is 10.4. The molecule has 0 aliphatic heterocycles. The lowest BCUT2D eigenvalue weighted by Gasteiger charge is -1.99. The second-order valence-corrected chi connectivity index (χ2v) is 4.58. The Morgan fingerprint density at radius 2 is 1.25 bits per heavy atom. The number of nitrogens with one attached hydrogen (secondary N) is 2. The van der Waals surface area contributed by atoms with Crippen molar-refractivity contribution in [3.63, 3.8) is 0 Å². The smallest absolute Gasteiger partial charge is 0.226 e. The summed E-state index contributed by atoms with van der Waals surface area (Å²) in [6.07, 6.45) is 1.87. The van der Waals surface area contributed by atoms with Gasteiger partial charge in [0, 0.05) is 11.5 Å². The van der Waals surface area contributed by atoms with Crippen molar-refractivity contribution in [3.05, 3.63) is 0 Å². The van der Waals surface area contributed by atoms with Crippen molar-refractivity contribution >= 4 is 33.9 Å². The highest BCUT2D eigenvalue weighted by Gasteiger charge is 1.99. The number of hydrogen-bond acceptors (Lipinski definition) is 8. The first-order valence-electron chi connectivity index (χ1n) is 4.34. The van der Waals surface area contributed by atoms with Gasteiger partial charge in [-0.05, 0) is 12.8 Å². The van der Waals surface area contributed by atoms with Crippen molar-refractivity contribution in [1.29, 1.82) is 11.1 Å². The monoisotopic (exact) mass is 262 g/mol. The topological polar surface area (TPSA) is 149 Å². The minimum Gasteiger partial charge on any atom is -0.321 e. The van der Waals surface area contributed by atoms with Crippen molar-refractivity contribution in [1.82, 2.24) is 0 Å². The predicted octanol–water partition coefficient (Wildman–Crippen LogP) is 1.75. The Morgan fingerprint density at radius 1 is 0.875 bits per heavy atom. The van der Waals surface area contributed by atoms with E-state index in [-0.39, 0.29) is 10.3 Å². The number of nitrogens with two attached hydrogens (primary N) is 2. The number of hydrogen-bond donors (Lipinski definition) is 4. The molecule has 0 aromatic heterocycles. The molecule has 6 N–H and O–H groups in total. The molecule has 0 fully saturated rings. The zero-order valence-electron chi connectivity index (χ0n) is 8.59. The normalized spacial score (nSPS) is 12.5. The average molecular weight is 262 g/mol. The summed E-state index contributed by atoms with van der Waals surface area (Å²) in [6.45, 7) is 0. The lowest BCUT2D eigenvalue weighted by molar-refractivity contribution is 0.910. The van der Waals surface area contributed by atoms with E-state index in [0.717, 1.165) is 24.3 Å². The van der Waals surface area contributed by atoms with E-state index in [1.54, 1.807) is 0 Å². The lowest BCUT2D eigenvalue weighted by Crippen LogP contribution is -1.96. The van der Waals surface area contributed by atoms with Crippen LogP contribution in [0.15, 0.2) is 20.4 Å². The molecule has 0 rings (SSSR count). The van der Waals surface area contributed by atoms with Gasteiger partial charge in [0.15, 0.2) is 0 Å². The van der Waals surface area contributed by atoms with Crippen molar-refractivity contribution < 1.29 is 0 Å². The van der Waals surface area contributed by atoms with Crippen LogP contribution in [-0.2, 0) is 0 Å². The van der Waals surface area contributed by atoms with Gasteiger partial charge < -0.3 is 11.7 Å². The molecule has 0 spiro atoms. The third kappa shape index (κ3) is 7.17. The van der Waals surface area contributed by atoms with E-state index in [9.17, 15) is 0 Å². The molecule has 90 valence electrons. The molecular formula is C6H14N8S2. The van der Waals surface area contributed by atoms with E-state index in [2.05, 4.69) is 20.4 Å². The number of amidine groups is 2. The van der Waals surface area contributed by atoms with Crippen LogP contribution in [0.25, 0.3) is 0 Å². The third-order valence-corrected chi connectivity index (χ3v) is 3.31. The maximum absolute atomic E-state index is 6.71. The second kappa shape index (κ2) is 10.4. The van der Waals surface area contributed by atoms with Crippen LogP contribution in [0.1, 0.15) is 12.8 Å². The standard InChI is InChI=1S/C6H14N8S2/c7-11-5(12-8)15-3-1-2-4-16-6(13-9)14-10/h7,9H,1-4,8,10H2. The van der Waals surface area contributed by atoms with Crippen molar-refractivity contribution in [3.8, 4) is 0 Å². The summed E-state index contributed by atoms with van der Waals surface area (Å²) in [5, 5.41) is 13.5. The first kappa shape index (κ1) is 14.8. The summed E-state index contributed by atoms with van der Waals surface area (Å²) in [5.41, 5.74) is 13.4. The molecule has 0 heterocycles. The van der Waals surface area contributed by atoms with Gasteiger partial charge in [-0.25, -0.2) is 11.1 Å². The van der Waals surface area contributed by atoms with Gasteiger partial charge in [0.25, 0.3) is 0 Å². The van der Waals surface area contributed by atoms with Crippen LogP contribution in [0.2, 0.25) is 0 Å².